The standard InChI is InChI=1S/4C28H45.6O.4Sn/c4*1-9-25(10-2)19-26(11-3,12-4)22-18-24-23(17-21(22)25)27(13-5,14-6)20-28(24,15-7)16-8;;;;;;;;;;/h4*17H,9-16,19-20H2,1-8H3;;;;;;;;;;. The molecule has 4 bridgehead atoms. The average molecular weight is 2100 g/mol. The van der Waals surface area contributed by atoms with Gasteiger partial charge in [-0.2, -0.15) is 0 Å². The molecule has 0 N–H and O–H groups in total. The van der Waals surface area contributed by atoms with E-state index in [2.05, 4.69) is 246 Å². The minimum atomic E-state index is -6.39. The molecule has 4 heterocycles. The molecule has 0 unspecified atom stereocenters. The van der Waals surface area contributed by atoms with Crippen LogP contribution in [0, 0.1) is 0 Å². The molecule has 4 fully saturated rings. The van der Waals surface area contributed by atoms with Crippen LogP contribution in [0.1, 0.15) is 567 Å². The molecule has 4 saturated heterocycles. The molecule has 12 aliphatic rings. The molecule has 680 valence electrons. The molecule has 0 atom stereocenters. The summed E-state index contributed by atoms with van der Waals surface area (Å²) in [5, 5.41) is 0. The summed E-state index contributed by atoms with van der Waals surface area (Å²) in [5.74, 6) is 0. The zero-order valence-electron chi connectivity index (χ0n) is 85.0. The normalized spacial score (nSPS) is 28.8. The third kappa shape index (κ3) is 11.7. The van der Waals surface area contributed by atoms with E-state index < -0.39 is 78.5 Å². The van der Waals surface area contributed by atoms with Gasteiger partial charge in [-0.25, -0.2) is 0 Å². The maximum atomic E-state index is 10.4. The molecule has 4 aromatic carbocycles. The first-order chi connectivity index (χ1) is 58.2. The summed E-state index contributed by atoms with van der Waals surface area (Å²) in [7, 11) is 0. The first kappa shape index (κ1) is 96.4. The Balaban J connectivity index is 1.36. The van der Waals surface area contributed by atoms with Gasteiger partial charge in [0.2, 0.25) is 0 Å². The topological polar surface area (TPSA) is 55.4 Å². The first-order valence-corrected chi connectivity index (χ1v) is 73.0. The molecule has 122 heavy (non-hydrogen) atoms. The Bertz CT molecular complexity index is 3740. The van der Waals surface area contributed by atoms with E-state index in [1.165, 1.54) is 0 Å². The molecule has 6 nitrogen and oxygen atoms in total. The van der Waals surface area contributed by atoms with Crippen LogP contribution >= 0.6 is 0 Å². The molecule has 0 radical (unpaired) electrons. The van der Waals surface area contributed by atoms with Crippen LogP contribution < -0.4 is 14.3 Å². The SMILES string of the molecule is CCC1(CC)CC(CC)(CC)c2c1cc1c([c]2[Sn]23[O][Sn]4([c]5c6c(cc7c5C(CC)(CC)CC7(CC)CC)C(CC)(CC)CC6(CC)CC)[O][Sn]([c]5c6c(cc7c5C(CC)(CC)CC7(CC)CC)C(CC)(CC)CC6(CC)CC)([O]2)[O][Sn]([c]2c5c(cc6c2C(CC)(CC)CC6(CC)CC)C(CC)(CC)CC5(CC)CC)([O]3)[O]4)C(CC)(CC)CC1(CC)CC. The zero-order chi connectivity index (χ0) is 88.9. The fraction of sp³-hybridized carbons (Fsp3) is 0.786. The van der Waals surface area contributed by atoms with E-state index in [1.54, 1.807) is 103 Å². The van der Waals surface area contributed by atoms with E-state index in [0.29, 0.717) is 0 Å². The minimum absolute atomic E-state index is 0.0588. The quantitative estimate of drug-likeness (QED) is 0.0423. The number of hydrogen-bond donors (Lipinski definition) is 0. The van der Waals surface area contributed by atoms with Crippen molar-refractivity contribution in [2.24, 2.45) is 0 Å². The predicted octanol–water partition coefficient (Wildman–Crippen LogP) is 29.7. The van der Waals surface area contributed by atoms with Crippen molar-refractivity contribution < 1.29 is 8.47 Å². The van der Waals surface area contributed by atoms with Crippen LogP contribution in [0.25, 0.3) is 0 Å². The number of rotatable bonds is 36. The van der Waals surface area contributed by atoms with Crippen molar-refractivity contribution >= 4 is 92.8 Å². The molecule has 0 amide bonds. The van der Waals surface area contributed by atoms with E-state index in [-0.39, 0.29) is 86.6 Å². The van der Waals surface area contributed by atoms with Gasteiger partial charge in [0.15, 0.2) is 0 Å². The molecular weight excluding hydrogens is 1920 g/mol. The number of fused-ring (bicyclic) bond motifs is 8. The second-order valence-corrected chi connectivity index (χ2v) is 89.8. The predicted molar refractivity (Wildman–Crippen MR) is 527 cm³/mol. The van der Waals surface area contributed by atoms with Crippen LogP contribution in [0.15, 0.2) is 24.3 Å². The van der Waals surface area contributed by atoms with Crippen molar-refractivity contribution in [3.8, 4) is 0 Å². The first-order valence-electron chi connectivity index (χ1n) is 53.4. The number of benzene rings is 4. The van der Waals surface area contributed by atoms with Crippen LogP contribution in [-0.4, -0.2) is 78.5 Å². The van der Waals surface area contributed by atoms with Crippen LogP contribution in [-0.2, 0) is 95.1 Å². The molecular formula is C112H180O6Sn4. The monoisotopic (exact) mass is 2100 g/mol. The summed E-state index contributed by atoms with van der Waals surface area (Å²) in [6, 6.07) is 12.1. The Hall–Kier alpha value is -0.165. The fourth-order valence-corrected chi connectivity index (χ4v) is 199. The second-order valence-electron chi connectivity index (χ2n) is 44.4. The molecule has 0 spiro atoms. The van der Waals surface area contributed by atoms with Gasteiger partial charge in [0.05, 0.1) is 0 Å². The van der Waals surface area contributed by atoms with Gasteiger partial charge in [0.1, 0.15) is 0 Å². The van der Waals surface area contributed by atoms with E-state index >= 15 is 0 Å². The van der Waals surface area contributed by atoms with Gasteiger partial charge in [0, 0.05) is 0 Å². The molecule has 4 aromatic rings. The van der Waals surface area contributed by atoms with Crippen LogP contribution in [0.2, 0.25) is 0 Å². The van der Waals surface area contributed by atoms with Gasteiger partial charge in [-0.05, 0) is 0 Å². The molecule has 10 heteroatoms. The Kier molecular flexibility index (Phi) is 26.0. The summed E-state index contributed by atoms with van der Waals surface area (Å²) in [6.45, 7) is 84.0. The summed E-state index contributed by atoms with van der Waals surface area (Å²) in [6.07, 6.45) is 43.9. The van der Waals surface area contributed by atoms with Gasteiger partial charge in [-0.15, -0.1) is 0 Å². The molecule has 16 rings (SSSR count). The molecule has 0 saturated carbocycles. The van der Waals surface area contributed by atoms with Crippen LogP contribution in [0.5, 0.6) is 0 Å². The van der Waals surface area contributed by atoms with E-state index in [1.807, 2.05) is 0 Å². The summed E-state index contributed by atoms with van der Waals surface area (Å²) in [4.78, 5) is 0. The Morgan fingerprint density at radius 1 is 0.148 bits per heavy atom. The summed E-state index contributed by atoms with van der Waals surface area (Å²) in [5.41, 5.74) is 24.7. The van der Waals surface area contributed by atoms with Gasteiger partial charge in [-0.1, -0.05) is 0 Å². The summed E-state index contributed by atoms with van der Waals surface area (Å²) >= 11 is -25.6. The van der Waals surface area contributed by atoms with Crippen LogP contribution in [0.3, 0.4) is 0 Å². The maximum absolute atomic E-state index is 10.4. The van der Waals surface area contributed by atoms with Crippen LogP contribution in [0.4, 0.5) is 0 Å². The van der Waals surface area contributed by atoms with Crippen molar-refractivity contribution in [2.75, 3.05) is 0 Å². The second kappa shape index (κ2) is 32.8. The molecule has 4 aliphatic heterocycles. The van der Waals surface area contributed by atoms with Gasteiger partial charge in [-0.3, -0.25) is 0 Å². The van der Waals surface area contributed by atoms with Crippen molar-refractivity contribution in [3.63, 3.8) is 0 Å². The Labute approximate surface area is 771 Å². The van der Waals surface area contributed by atoms with Crippen molar-refractivity contribution in [3.05, 3.63) is 113 Å². The third-order valence-electron chi connectivity index (χ3n) is 44.0. The number of hydrogen-bond acceptors (Lipinski definition) is 6. The van der Waals surface area contributed by atoms with Gasteiger partial charge in [0.25, 0.3) is 0 Å². The fourth-order valence-electron chi connectivity index (χ4n) is 34.2. The van der Waals surface area contributed by atoms with E-state index in [9.17, 15) is 8.47 Å². The van der Waals surface area contributed by atoms with E-state index in [0.717, 1.165) is 257 Å². The Morgan fingerprint density at radius 2 is 0.230 bits per heavy atom. The van der Waals surface area contributed by atoms with Crippen molar-refractivity contribution in [1.82, 2.24) is 0 Å². The third-order valence-corrected chi connectivity index (χ3v) is 128. The van der Waals surface area contributed by atoms with Crippen molar-refractivity contribution in [1.29, 1.82) is 0 Å². The molecule has 8 aliphatic carbocycles. The zero-order valence-corrected chi connectivity index (χ0v) is 96.5. The Morgan fingerprint density at radius 3 is 0.303 bits per heavy atom. The van der Waals surface area contributed by atoms with Crippen molar-refractivity contribution in [2.45, 2.75) is 565 Å². The molecule has 0 aromatic heterocycles. The average Bonchev–Trinajstić information content (AvgIpc) is 1.33. The summed E-state index contributed by atoms with van der Waals surface area (Å²) < 4.78 is 68.8. The van der Waals surface area contributed by atoms with Gasteiger partial charge < -0.3 is 0 Å². The van der Waals surface area contributed by atoms with Gasteiger partial charge >= 0.3 is 780 Å². The van der Waals surface area contributed by atoms with E-state index in [4.69, 9.17) is 0 Å².